The van der Waals surface area contributed by atoms with Gasteiger partial charge >= 0.3 is 6.09 Å². The largest absolute Gasteiger partial charge is 0.508 e. The number of rotatable bonds is 3. The lowest BCUT2D eigenvalue weighted by molar-refractivity contribution is 0.201. The van der Waals surface area contributed by atoms with Gasteiger partial charge in [0, 0.05) is 6.07 Å². The molecule has 2 aromatic rings. The molecule has 4 heteroatoms. The van der Waals surface area contributed by atoms with E-state index < -0.39 is 6.09 Å². The van der Waals surface area contributed by atoms with Gasteiger partial charge in [-0.1, -0.05) is 36.4 Å². The van der Waals surface area contributed by atoms with Crippen molar-refractivity contribution in [1.82, 2.24) is 0 Å². The van der Waals surface area contributed by atoms with Crippen LogP contribution in [0.1, 0.15) is 5.56 Å². The summed E-state index contributed by atoms with van der Waals surface area (Å²) >= 11 is 0. The third-order valence-corrected chi connectivity index (χ3v) is 2.56. The van der Waals surface area contributed by atoms with Gasteiger partial charge in [0.05, 0.1) is 12.2 Å². The minimum Gasteiger partial charge on any atom is -0.508 e. The first-order valence-corrected chi connectivity index (χ1v) is 5.50. The first-order chi connectivity index (χ1) is 8.66. The van der Waals surface area contributed by atoms with Gasteiger partial charge in [-0.3, -0.25) is 4.90 Å². The van der Waals surface area contributed by atoms with Gasteiger partial charge in [0.25, 0.3) is 0 Å². The van der Waals surface area contributed by atoms with E-state index in [9.17, 15) is 15.0 Å². The molecule has 0 aliphatic heterocycles. The Balaban J connectivity index is 2.27. The minimum absolute atomic E-state index is 0.0480. The van der Waals surface area contributed by atoms with Crippen molar-refractivity contribution in [1.29, 1.82) is 0 Å². The second kappa shape index (κ2) is 5.23. The Kier molecular flexibility index (Phi) is 3.48. The van der Waals surface area contributed by atoms with Gasteiger partial charge in [-0.15, -0.1) is 0 Å². The number of phenolic OH excluding ortho intramolecular Hbond substituents is 1. The zero-order chi connectivity index (χ0) is 13.0. The summed E-state index contributed by atoms with van der Waals surface area (Å²) in [6, 6.07) is 15.5. The summed E-state index contributed by atoms with van der Waals surface area (Å²) in [6.07, 6.45) is -1.05. The lowest BCUT2D eigenvalue weighted by atomic mass is 10.2. The maximum absolute atomic E-state index is 11.3. The summed E-state index contributed by atoms with van der Waals surface area (Å²) in [5.74, 6) is 0.0480. The molecule has 0 radical (unpaired) electrons. The summed E-state index contributed by atoms with van der Waals surface area (Å²) in [4.78, 5) is 12.4. The molecule has 0 saturated carbocycles. The fraction of sp³-hybridized carbons (Fsp3) is 0.0714. The molecule has 1 amide bonds. The molecule has 0 aliphatic carbocycles. The molecular formula is C14H13NO3. The average molecular weight is 243 g/mol. The van der Waals surface area contributed by atoms with E-state index in [-0.39, 0.29) is 12.3 Å². The summed E-state index contributed by atoms with van der Waals surface area (Å²) in [7, 11) is 0. The zero-order valence-electron chi connectivity index (χ0n) is 9.65. The molecule has 2 N–H and O–H groups in total. The molecule has 2 aromatic carbocycles. The lowest BCUT2D eigenvalue weighted by Gasteiger charge is -2.19. The Morgan fingerprint density at radius 3 is 2.39 bits per heavy atom. The number of hydrogen-bond acceptors (Lipinski definition) is 2. The highest BCUT2D eigenvalue weighted by Gasteiger charge is 2.14. The van der Waals surface area contributed by atoms with E-state index in [0.29, 0.717) is 5.69 Å². The van der Waals surface area contributed by atoms with E-state index in [1.165, 1.54) is 17.0 Å². The van der Waals surface area contributed by atoms with Gasteiger partial charge < -0.3 is 10.2 Å². The van der Waals surface area contributed by atoms with Gasteiger partial charge in [-0.05, 0) is 17.7 Å². The second-order valence-corrected chi connectivity index (χ2v) is 3.87. The van der Waals surface area contributed by atoms with E-state index in [0.717, 1.165) is 5.56 Å². The first-order valence-electron chi connectivity index (χ1n) is 5.50. The summed E-state index contributed by atoms with van der Waals surface area (Å²) in [6.45, 7) is 0.250. The number of hydrogen-bond donors (Lipinski definition) is 2. The molecule has 0 spiro atoms. The molecule has 18 heavy (non-hydrogen) atoms. The van der Waals surface area contributed by atoms with Gasteiger partial charge in [0.2, 0.25) is 0 Å². The van der Waals surface area contributed by atoms with Crippen molar-refractivity contribution < 1.29 is 15.0 Å². The highest BCUT2D eigenvalue weighted by atomic mass is 16.4. The van der Waals surface area contributed by atoms with Crippen LogP contribution in [-0.2, 0) is 6.54 Å². The number of amides is 1. The number of phenols is 1. The van der Waals surface area contributed by atoms with Crippen molar-refractivity contribution in [3.63, 3.8) is 0 Å². The Bertz CT molecular complexity index is 540. The quantitative estimate of drug-likeness (QED) is 0.870. The van der Waals surface area contributed by atoms with E-state index in [2.05, 4.69) is 0 Å². The predicted octanol–water partition coefficient (Wildman–Crippen LogP) is 3.08. The first kappa shape index (κ1) is 12.0. The number of carboxylic acid groups (broad SMARTS) is 1. The normalized spacial score (nSPS) is 10.0. The highest BCUT2D eigenvalue weighted by Crippen LogP contribution is 2.22. The molecular weight excluding hydrogens is 230 g/mol. The van der Waals surface area contributed by atoms with E-state index in [1.807, 2.05) is 30.3 Å². The molecule has 0 unspecified atom stereocenters. The minimum atomic E-state index is -1.05. The monoisotopic (exact) mass is 243 g/mol. The van der Waals surface area contributed by atoms with E-state index in [4.69, 9.17) is 0 Å². The van der Waals surface area contributed by atoms with Crippen LogP contribution < -0.4 is 4.90 Å². The number of carbonyl (C=O) groups is 1. The Labute approximate surface area is 105 Å². The van der Waals surface area contributed by atoms with Gasteiger partial charge in [0.1, 0.15) is 5.75 Å². The average Bonchev–Trinajstić information content (AvgIpc) is 2.37. The van der Waals surface area contributed by atoms with Crippen LogP contribution in [0.5, 0.6) is 5.75 Å². The standard InChI is InChI=1S/C14H13NO3/c16-13-8-4-7-12(9-13)15(14(17)18)10-11-5-2-1-3-6-11/h1-9,16H,10H2,(H,17,18). The number of aromatic hydroxyl groups is 1. The zero-order valence-corrected chi connectivity index (χ0v) is 9.65. The van der Waals surface area contributed by atoms with Crippen molar-refractivity contribution in [2.24, 2.45) is 0 Å². The fourth-order valence-electron chi connectivity index (χ4n) is 1.70. The van der Waals surface area contributed by atoms with Crippen LogP contribution in [0.15, 0.2) is 54.6 Å². The molecule has 0 atom stereocenters. The van der Waals surface area contributed by atoms with Crippen LogP contribution in [0.2, 0.25) is 0 Å². The Morgan fingerprint density at radius 2 is 1.78 bits per heavy atom. The molecule has 4 nitrogen and oxygen atoms in total. The number of benzene rings is 2. The van der Waals surface area contributed by atoms with Crippen molar-refractivity contribution in [3.8, 4) is 5.75 Å². The third-order valence-electron chi connectivity index (χ3n) is 2.56. The third kappa shape index (κ3) is 2.79. The molecule has 92 valence electrons. The molecule has 2 rings (SSSR count). The topological polar surface area (TPSA) is 60.8 Å². The van der Waals surface area contributed by atoms with Crippen molar-refractivity contribution >= 4 is 11.8 Å². The Morgan fingerprint density at radius 1 is 1.06 bits per heavy atom. The van der Waals surface area contributed by atoms with Gasteiger partial charge in [0.15, 0.2) is 0 Å². The summed E-state index contributed by atoms with van der Waals surface area (Å²) in [5, 5.41) is 18.6. The predicted molar refractivity (Wildman–Crippen MR) is 68.8 cm³/mol. The molecule has 0 heterocycles. The maximum atomic E-state index is 11.3. The van der Waals surface area contributed by atoms with Crippen molar-refractivity contribution in [2.75, 3.05) is 4.90 Å². The molecule has 0 aliphatic rings. The second-order valence-electron chi connectivity index (χ2n) is 3.87. The molecule has 0 fully saturated rings. The summed E-state index contributed by atoms with van der Waals surface area (Å²) in [5.41, 5.74) is 1.34. The van der Waals surface area contributed by atoms with Crippen LogP contribution in [0.4, 0.5) is 10.5 Å². The lowest BCUT2D eigenvalue weighted by Crippen LogP contribution is -2.28. The Hall–Kier alpha value is -2.49. The molecule has 0 bridgehead atoms. The van der Waals surface area contributed by atoms with Crippen molar-refractivity contribution in [2.45, 2.75) is 6.54 Å². The van der Waals surface area contributed by atoms with Crippen LogP contribution in [-0.4, -0.2) is 16.3 Å². The molecule has 0 aromatic heterocycles. The van der Waals surface area contributed by atoms with Crippen LogP contribution in [0, 0.1) is 0 Å². The summed E-state index contributed by atoms with van der Waals surface area (Å²) < 4.78 is 0. The number of nitrogens with zero attached hydrogens (tertiary/aromatic N) is 1. The van der Waals surface area contributed by atoms with Crippen molar-refractivity contribution in [3.05, 3.63) is 60.2 Å². The van der Waals surface area contributed by atoms with Crippen LogP contribution in [0.3, 0.4) is 0 Å². The van der Waals surface area contributed by atoms with Crippen LogP contribution in [0.25, 0.3) is 0 Å². The van der Waals surface area contributed by atoms with Gasteiger partial charge in [-0.25, -0.2) is 4.79 Å². The molecule has 0 saturated heterocycles. The van der Waals surface area contributed by atoms with Crippen LogP contribution >= 0.6 is 0 Å². The SMILES string of the molecule is O=C(O)N(Cc1ccccc1)c1cccc(O)c1. The fourth-order valence-corrected chi connectivity index (χ4v) is 1.70. The van der Waals surface area contributed by atoms with E-state index in [1.54, 1.807) is 12.1 Å². The highest BCUT2D eigenvalue weighted by molar-refractivity contribution is 5.86. The van der Waals surface area contributed by atoms with Gasteiger partial charge in [-0.2, -0.15) is 0 Å². The van der Waals surface area contributed by atoms with E-state index >= 15 is 0 Å². The maximum Gasteiger partial charge on any atom is 0.412 e. The smallest absolute Gasteiger partial charge is 0.412 e. The number of anilines is 1.